The highest BCUT2D eigenvalue weighted by molar-refractivity contribution is 5.83. The highest BCUT2D eigenvalue weighted by atomic mass is 16.5. The summed E-state index contributed by atoms with van der Waals surface area (Å²) in [6.45, 7) is 22.5. The average molecular weight is 783 g/mol. The highest BCUT2D eigenvalue weighted by Gasteiger charge is 2.27. The summed E-state index contributed by atoms with van der Waals surface area (Å²) in [5.41, 5.74) is 5.96. The Labute approximate surface area is 329 Å². The maximum atomic E-state index is 13.2. The number of aliphatic carboxylic acids is 1. The van der Waals surface area contributed by atoms with Gasteiger partial charge in [0.25, 0.3) is 0 Å². The van der Waals surface area contributed by atoms with Gasteiger partial charge < -0.3 is 42.2 Å². The van der Waals surface area contributed by atoms with Crippen LogP contribution in [0.25, 0.3) is 0 Å². The highest BCUT2D eigenvalue weighted by Crippen LogP contribution is 2.14. The molecule has 0 aromatic carbocycles. The molecular weight excluding hydrogens is 708 g/mol. The Morgan fingerprint density at radius 1 is 0.491 bits per heavy atom. The number of nitrogens with one attached hydrogen (secondary N) is 5. The van der Waals surface area contributed by atoms with Crippen LogP contribution in [0, 0.1) is 29.6 Å². The van der Waals surface area contributed by atoms with E-state index in [0.717, 1.165) is 0 Å². The number of amides is 5. The SMILES string of the molecule is CC(C)C[C@@H](CC(=O)N[C@H](CC(=O)O)C(C)C)NC(=O)C[C@H](C)NC(=O)C[C@@H](NC(=O)C[C@H](CC(C)C)NC(=O)C[C@H](C)OC(=O)C[C@@H](N)C(C)C)C(C)C. The monoisotopic (exact) mass is 783 g/mol. The van der Waals surface area contributed by atoms with Crippen LogP contribution in [0.5, 0.6) is 0 Å². The summed E-state index contributed by atoms with van der Waals surface area (Å²) in [5.74, 6) is -2.89. The topological polar surface area (TPSA) is 235 Å². The van der Waals surface area contributed by atoms with Crippen molar-refractivity contribution in [2.24, 2.45) is 35.3 Å². The number of carbonyl (C=O) groups is 7. The molecule has 55 heavy (non-hydrogen) atoms. The van der Waals surface area contributed by atoms with E-state index in [9.17, 15) is 38.7 Å². The van der Waals surface area contributed by atoms with Gasteiger partial charge in [0.05, 0.1) is 19.3 Å². The minimum absolute atomic E-state index is 0.00397. The third-order valence-corrected chi connectivity index (χ3v) is 9.17. The van der Waals surface area contributed by atoms with Crippen LogP contribution in [0.4, 0.5) is 0 Å². The van der Waals surface area contributed by atoms with Crippen molar-refractivity contribution in [3.05, 3.63) is 0 Å². The van der Waals surface area contributed by atoms with Crippen LogP contribution in [0.1, 0.15) is 141 Å². The van der Waals surface area contributed by atoms with Crippen molar-refractivity contribution in [2.75, 3.05) is 0 Å². The third kappa shape index (κ3) is 25.1. The first-order valence-corrected chi connectivity index (χ1v) is 20.0. The number of ether oxygens (including phenoxy) is 1. The average Bonchev–Trinajstić information content (AvgIpc) is 2.98. The van der Waals surface area contributed by atoms with Gasteiger partial charge in [-0.05, 0) is 56.3 Å². The first-order chi connectivity index (χ1) is 25.4. The summed E-state index contributed by atoms with van der Waals surface area (Å²) in [5, 5.41) is 23.6. The van der Waals surface area contributed by atoms with Crippen LogP contribution in [0.15, 0.2) is 0 Å². The van der Waals surface area contributed by atoms with E-state index in [-0.39, 0.29) is 110 Å². The normalized spacial score (nSPS) is 15.5. The van der Waals surface area contributed by atoms with Gasteiger partial charge in [0, 0.05) is 61.9 Å². The van der Waals surface area contributed by atoms with Crippen molar-refractivity contribution in [1.82, 2.24) is 26.6 Å². The minimum Gasteiger partial charge on any atom is -0.481 e. The zero-order chi connectivity index (χ0) is 42.6. The van der Waals surface area contributed by atoms with Crippen molar-refractivity contribution in [3.8, 4) is 0 Å². The van der Waals surface area contributed by atoms with Crippen molar-refractivity contribution in [3.63, 3.8) is 0 Å². The van der Waals surface area contributed by atoms with Gasteiger partial charge in [0.15, 0.2) is 0 Å². The van der Waals surface area contributed by atoms with E-state index in [1.807, 2.05) is 69.2 Å². The molecule has 5 amide bonds. The van der Waals surface area contributed by atoms with Gasteiger partial charge in [-0.15, -0.1) is 0 Å². The molecule has 0 fully saturated rings. The molecule has 0 aromatic rings. The van der Waals surface area contributed by atoms with Crippen LogP contribution in [0.3, 0.4) is 0 Å². The molecule has 0 bridgehead atoms. The lowest BCUT2D eigenvalue weighted by Crippen LogP contribution is -2.47. The number of esters is 1. The summed E-state index contributed by atoms with van der Waals surface area (Å²) >= 11 is 0. The Balaban J connectivity index is 5.21. The minimum atomic E-state index is -1.01. The largest absolute Gasteiger partial charge is 0.481 e. The second kappa shape index (κ2) is 26.2. The van der Waals surface area contributed by atoms with E-state index in [2.05, 4.69) is 26.6 Å². The van der Waals surface area contributed by atoms with E-state index in [4.69, 9.17) is 10.5 Å². The molecule has 15 nitrogen and oxygen atoms in total. The van der Waals surface area contributed by atoms with Crippen LogP contribution in [-0.2, 0) is 38.3 Å². The Bertz CT molecular complexity index is 1240. The molecule has 0 heterocycles. The second-order valence-electron chi connectivity index (χ2n) is 17.1. The molecule has 0 saturated heterocycles. The number of carboxylic acids is 1. The van der Waals surface area contributed by atoms with Gasteiger partial charge in [-0.25, -0.2) is 0 Å². The van der Waals surface area contributed by atoms with Gasteiger partial charge in [-0.1, -0.05) is 69.2 Å². The van der Waals surface area contributed by atoms with E-state index in [1.54, 1.807) is 13.8 Å². The Kier molecular flexibility index (Phi) is 24.4. The quantitative estimate of drug-likeness (QED) is 0.0599. The number of hydrogen-bond acceptors (Lipinski definition) is 9. The second-order valence-corrected chi connectivity index (χ2v) is 17.1. The predicted molar refractivity (Wildman–Crippen MR) is 212 cm³/mol. The summed E-state index contributed by atoms with van der Waals surface area (Å²) in [7, 11) is 0. The van der Waals surface area contributed by atoms with Crippen molar-refractivity contribution < 1.29 is 43.4 Å². The lowest BCUT2D eigenvalue weighted by Gasteiger charge is -2.26. The zero-order valence-electron chi connectivity index (χ0n) is 35.6. The van der Waals surface area contributed by atoms with Crippen LogP contribution in [-0.4, -0.2) is 88.9 Å². The molecular formula is C40H74N6O9. The Morgan fingerprint density at radius 3 is 1.29 bits per heavy atom. The van der Waals surface area contributed by atoms with Crippen molar-refractivity contribution in [2.45, 2.75) is 183 Å². The molecule has 318 valence electrons. The molecule has 0 aromatic heterocycles. The Morgan fingerprint density at radius 2 is 0.891 bits per heavy atom. The maximum Gasteiger partial charge on any atom is 0.307 e. The third-order valence-electron chi connectivity index (χ3n) is 9.17. The fraction of sp³-hybridized carbons (Fsp3) is 0.825. The van der Waals surface area contributed by atoms with E-state index in [1.165, 1.54) is 0 Å². The van der Waals surface area contributed by atoms with E-state index >= 15 is 0 Å². The molecule has 0 radical (unpaired) electrons. The molecule has 15 heteroatoms. The summed E-state index contributed by atoms with van der Waals surface area (Å²) in [4.78, 5) is 88.4. The molecule has 8 N–H and O–H groups in total. The lowest BCUT2D eigenvalue weighted by atomic mass is 9.97. The van der Waals surface area contributed by atoms with Gasteiger partial charge in [0.1, 0.15) is 6.10 Å². The number of rotatable bonds is 27. The number of carbonyl (C=O) groups excluding carboxylic acids is 6. The first kappa shape index (κ1) is 51.2. The number of hydrogen-bond donors (Lipinski definition) is 7. The number of nitrogens with two attached hydrogens (primary N) is 1. The van der Waals surface area contributed by atoms with E-state index < -0.39 is 48.3 Å². The van der Waals surface area contributed by atoms with Crippen molar-refractivity contribution in [1.29, 1.82) is 0 Å². The predicted octanol–water partition coefficient (Wildman–Crippen LogP) is 3.56. The lowest BCUT2D eigenvalue weighted by molar-refractivity contribution is -0.150. The summed E-state index contributed by atoms with van der Waals surface area (Å²) in [6.07, 6.45) is 0.130. The van der Waals surface area contributed by atoms with Gasteiger partial charge in [0.2, 0.25) is 29.5 Å². The molecule has 0 rings (SSSR count). The molecule has 0 aliphatic carbocycles. The Hall–Kier alpha value is -3.75. The fourth-order valence-electron chi connectivity index (χ4n) is 6.04. The molecule has 0 aliphatic heterocycles. The molecule has 0 unspecified atom stereocenters. The van der Waals surface area contributed by atoms with Gasteiger partial charge >= 0.3 is 11.9 Å². The molecule has 7 atom stereocenters. The fourth-order valence-corrected chi connectivity index (χ4v) is 6.04. The zero-order valence-corrected chi connectivity index (χ0v) is 35.6. The van der Waals surface area contributed by atoms with Crippen molar-refractivity contribution >= 4 is 41.5 Å². The van der Waals surface area contributed by atoms with E-state index in [0.29, 0.717) is 12.8 Å². The molecule has 0 saturated carbocycles. The smallest absolute Gasteiger partial charge is 0.307 e. The van der Waals surface area contributed by atoms with Gasteiger partial charge in [-0.3, -0.25) is 33.6 Å². The van der Waals surface area contributed by atoms with Gasteiger partial charge in [-0.2, -0.15) is 0 Å². The standard InChI is InChI=1S/C40H74N6O9/c1-22(2)13-29(17-37(50)46-33(26(9)10)21-39(52)53)43-34(47)15-27(11)42-38(51)20-32(25(7)8)45-36(49)18-30(14-23(3)4)44-35(48)16-28(12)55-40(54)19-31(41)24(5)6/h22-33H,13-21,41H2,1-12H3,(H,42,51)(H,43,47)(H,44,48)(H,45,49)(H,46,50)(H,52,53)/t27-,28-,29-,30-,31+,32+,33+/m0/s1. The summed E-state index contributed by atoms with van der Waals surface area (Å²) < 4.78 is 5.37. The molecule has 0 aliphatic rings. The summed E-state index contributed by atoms with van der Waals surface area (Å²) in [6, 6.07) is -2.86. The maximum absolute atomic E-state index is 13.2. The van der Waals surface area contributed by atoms with Crippen LogP contribution in [0.2, 0.25) is 0 Å². The van der Waals surface area contributed by atoms with Crippen LogP contribution >= 0.6 is 0 Å². The molecule has 0 spiro atoms. The number of carboxylic acid groups (broad SMARTS) is 1. The van der Waals surface area contributed by atoms with Crippen LogP contribution < -0.4 is 32.3 Å². The first-order valence-electron chi connectivity index (χ1n) is 20.0.